The van der Waals surface area contributed by atoms with E-state index in [9.17, 15) is 28.8 Å². The van der Waals surface area contributed by atoms with Gasteiger partial charge in [-0.3, -0.25) is 32.4 Å². The van der Waals surface area contributed by atoms with E-state index in [-0.39, 0.29) is 34.1 Å². The zero-order chi connectivity index (χ0) is 34.3. The summed E-state index contributed by atoms with van der Waals surface area (Å²) in [5.74, 6) is -0.336. The Morgan fingerprint density at radius 2 is 1.75 bits per heavy atom. The van der Waals surface area contributed by atoms with Crippen molar-refractivity contribution in [1.29, 1.82) is 0 Å². The molecule has 0 amide bonds. The molecule has 4 aromatic rings. The van der Waals surface area contributed by atoms with Crippen LogP contribution in [0, 0.1) is 24.2 Å². The number of aliphatic hydroxyl groups is 1. The van der Waals surface area contributed by atoms with Gasteiger partial charge in [0.05, 0.1) is 37.8 Å². The molecule has 3 aliphatic rings. The van der Waals surface area contributed by atoms with E-state index in [1.54, 1.807) is 0 Å². The molecule has 21 nitrogen and oxygen atoms in total. The van der Waals surface area contributed by atoms with Crippen molar-refractivity contribution < 1.29 is 51.2 Å². The summed E-state index contributed by atoms with van der Waals surface area (Å²) in [4.78, 5) is 56.4. The fourth-order valence-corrected chi connectivity index (χ4v) is 8.55. The Bertz CT molecular complexity index is 2120. The number of terminal acetylenes is 1. The van der Waals surface area contributed by atoms with Crippen molar-refractivity contribution in [3.63, 3.8) is 0 Å². The van der Waals surface area contributed by atoms with E-state index in [0.717, 1.165) is 23.5 Å². The van der Waals surface area contributed by atoms with E-state index in [1.165, 1.54) is 11.5 Å². The number of phosphoric ester groups is 2. The highest BCUT2D eigenvalue weighted by atomic mass is 31.2. The lowest BCUT2D eigenvalue weighted by atomic mass is 9.93. The number of fused-ring (bicyclic) bond motifs is 4. The second-order valence-electron chi connectivity index (χ2n) is 11.5. The number of ether oxygens (including phenoxy) is 1. The van der Waals surface area contributed by atoms with Crippen LogP contribution in [0.5, 0.6) is 0 Å². The third-order valence-electron chi connectivity index (χ3n) is 8.57. The van der Waals surface area contributed by atoms with Gasteiger partial charge in [-0.1, -0.05) is 0 Å². The van der Waals surface area contributed by atoms with Gasteiger partial charge >= 0.3 is 15.6 Å². The second-order valence-corrected chi connectivity index (χ2v) is 14.3. The molecule has 2 saturated heterocycles. The van der Waals surface area contributed by atoms with Crippen molar-refractivity contribution in [3.8, 4) is 12.3 Å². The number of alkyl halides is 1. The number of aromatic nitrogens is 8. The van der Waals surface area contributed by atoms with Gasteiger partial charge in [0.2, 0.25) is 5.95 Å². The van der Waals surface area contributed by atoms with Crippen LogP contribution < -0.4 is 17.0 Å². The van der Waals surface area contributed by atoms with Crippen LogP contribution in [0.3, 0.4) is 0 Å². The van der Waals surface area contributed by atoms with Gasteiger partial charge in [-0.2, -0.15) is 4.98 Å². The van der Waals surface area contributed by atoms with Crippen molar-refractivity contribution in [1.82, 2.24) is 39.0 Å². The first kappa shape index (κ1) is 32.7. The second kappa shape index (κ2) is 11.3. The number of nitrogen functional groups attached to an aromatic ring is 2. The average Bonchev–Trinajstić information content (AvgIpc) is 3.74. The molecule has 0 radical (unpaired) electrons. The summed E-state index contributed by atoms with van der Waals surface area (Å²) >= 11 is 0. The summed E-state index contributed by atoms with van der Waals surface area (Å²) in [7, 11) is -10.3. The monoisotopic (exact) mass is 712 g/mol. The first-order valence-corrected chi connectivity index (χ1v) is 17.1. The lowest BCUT2D eigenvalue weighted by molar-refractivity contribution is -0.0874. The summed E-state index contributed by atoms with van der Waals surface area (Å²) in [5.41, 5.74) is 8.60. The van der Waals surface area contributed by atoms with Crippen molar-refractivity contribution in [2.45, 2.75) is 49.3 Å². The number of rotatable bonds is 2. The van der Waals surface area contributed by atoms with Crippen molar-refractivity contribution >= 4 is 49.7 Å². The zero-order valence-electron chi connectivity index (χ0n) is 24.5. The molecule has 6 heterocycles. The molecular formula is C24H27FN10O11P2. The van der Waals surface area contributed by atoms with Crippen LogP contribution >= 0.6 is 15.6 Å². The number of halogens is 1. The molecule has 24 heteroatoms. The number of nitrogens with two attached hydrogens (primary N) is 2. The van der Waals surface area contributed by atoms with Crippen LogP contribution in [0.2, 0.25) is 0 Å². The summed E-state index contributed by atoms with van der Waals surface area (Å²) in [5, 5.41) is 11.9. The first-order chi connectivity index (χ1) is 22.6. The van der Waals surface area contributed by atoms with Crippen LogP contribution in [0.1, 0.15) is 19.2 Å². The molecule has 48 heavy (non-hydrogen) atoms. The molecule has 0 spiro atoms. The SMILES string of the molecule is C#C[C@@H]1[C@@H]2COP(=O)(O)O[C@H]3[C@@H](F)[C@H](n4cnc5c(N)ncnc54)O[C@@H]3COP(=O)(O)O[C@H]2[C@](C)(O)[C@@H]1n1cnc2c(=O)[nH]c(N)nc21. The minimum atomic E-state index is -5.17. The van der Waals surface area contributed by atoms with Crippen molar-refractivity contribution in [2.75, 3.05) is 24.7 Å². The summed E-state index contributed by atoms with van der Waals surface area (Å²) in [6.45, 7) is -0.501. The van der Waals surface area contributed by atoms with E-state index in [4.69, 9.17) is 40.7 Å². The first-order valence-electron chi connectivity index (χ1n) is 14.1. The van der Waals surface area contributed by atoms with Gasteiger partial charge in [0.25, 0.3) is 5.56 Å². The third-order valence-corrected chi connectivity index (χ3v) is 10.5. The molecule has 1 saturated carbocycles. The maximum atomic E-state index is 16.0. The minimum absolute atomic E-state index is 0.00548. The molecule has 8 N–H and O–H groups in total. The third kappa shape index (κ3) is 5.28. The maximum absolute atomic E-state index is 16.0. The quantitative estimate of drug-likeness (QED) is 0.113. The fourth-order valence-electron chi connectivity index (χ4n) is 6.52. The Hall–Kier alpha value is -3.87. The molecule has 256 valence electrons. The predicted octanol–water partition coefficient (Wildman–Crippen LogP) is -0.451. The van der Waals surface area contributed by atoms with Gasteiger partial charge < -0.3 is 35.7 Å². The molecule has 0 bridgehead atoms. The van der Waals surface area contributed by atoms with Gasteiger partial charge in [-0.15, -0.1) is 12.3 Å². The Balaban J connectivity index is 1.23. The van der Waals surface area contributed by atoms with E-state index in [1.807, 2.05) is 0 Å². The topological polar surface area (TPSA) is 300 Å². The number of nitrogens with one attached hydrogen (secondary N) is 1. The Labute approximate surface area is 267 Å². The molecular weight excluding hydrogens is 685 g/mol. The fraction of sp³-hybridized carbons (Fsp3) is 0.500. The largest absolute Gasteiger partial charge is 0.472 e. The Morgan fingerprint density at radius 1 is 1.06 bits per heavy atom. The summed E-state index contributed by atoms with van der Waals surface area (Å²) in [6, 6.07) is -1.29. The molecule has 2 aliphatic heterocycles. The summed E-state index contributed by atoms with van der Waals surface area (Å²) in [6.07, 6.45) is 0.288. The van der Waals surface area contributed by atoms with Crippen LogP contribution in [-0.2, 0) is 32.0 Å². The minimum Gasteiger partial charge on any atom is -0.385 e. The van der Waals surface area contributed by atoms with Crippen molar-refractivity contribution in [3.05, 3.63) is 29.3 Å². The van der Waals surface area contributed by atoms with E-state index < -0.39 is 88.6 Å². The van der Waals surface area contributed by atoms with E-state index >= 15 is 4.39 Å². The molecule has 11 atom stereocenters. The van der Waals surface area contributed by atoms with Crippen LogP contribution in [0.4, 0.5) is 16.2 Å². The van der Waals surface area contributed by atoms with Crippen molar-refractivity contribution in [2.24, 2.45) is 11.8 Å². The number of imidazole rings is 2. The lowest BCUT2D eigenvalue weighted by Gasteiger charge is -2.34. The molecule has 1 aliphatic carbocycles. The van der Waals surface area contributed by atoms with Gasteiger partial charge in [-0.25, -0.2) is 33.5 Å². The Kier molecular flexibility index (Phi) is 7.72. The number of nitrogens with zero attached hydrogens (tertiary/aromatic N) is 7. The highest BCUT2D eigenvalue weighted by Gasteiger charge is 2.62. The van der Waals surface area contributed by atoms with E-state index in [0.29, 0.717) is 0 Å². The Morgan fingerprint density at radius 3 is 2.50 bits per heavy atom. The zero-order valence-corrected chi connectivity index (χ0v) is 26.3. The van der Waals surface area contributed by atoms with Gasteiger partial charge in [0, 0.05) is 5.92 Å². The molecule has 3 fully saturated rings. The maximum Gasteiger partial charge on any atom is 0.472 e. The van der Waals surface area contributed by atoms with Crippen LogP contribution in [0.15, 0.2) is 23.8 Å². The number of hydrogen-bond donors (Lipinski definition) is 6. The van der Waals surface area contributed by atoms with Gasteiger partial charge in [-0.05, 0) is 6.92 Å². The van der Waals surface area contributed by atoms with Gasteiger partial charge in [0.1, 0.15) is 35.8 Å². The van der Waals surface area contributed by atoms with E-state index in [2.05, 4.69) is 35.8 Å². The molecule has 4 aromatic heterocycles. The number of aromatic amines is 1. The number of phosphoric acid groups is 2. The lowest BCUT2D eigenvalue weighted by Crippen LogP contribution is -2.44. The highest BCUT2D eigenvalue weighted by molar-refractivity contribution is 7.47. The standard InChI is InChI=1S/C24H27FN10O11P2/c1-3-9-10-4-42-47(38,39)45-15-11(44-22(12(15)25)35-8-30-13-18(26)28-6-29-19(13)35)5-43-48(40,41)46-17(10)24(2,37)16(9)34-7-31-14-20(34)32-23(27)33-21(14)36/h1,6-12,15-17,22,37H,4-5H2,2H3,(H,38,39)(H,40,41)(H2,26,28,29)(H3,27,32,33,36)/t9-,10+,11-,12-,15-,16-,17-,22-,24-/m1/s1. The normalized spacial score (nSPS) is 39.0. The number of anilines is 2. The predicted molar refractivity (Wildman–Crippen MR) is 158 cm³/mol. The van der Waals surface area contributed by atoms with Crippen LogP contribution in [0.25, 0.3) is 22.3 Å². The average molecular weight is 712 g/mol. The molecule has 7 rings (SSSR count). The molecule has 0 aromatic carbocycles. The smallest absolute Gasteiger partial charge is 0.385 e. The number of hydrogen-bond acceptors (Lipinski definition) is 16. The van der Waals surface area contributed by atoms with Crippen LogP contribution in [-0.4, -0.2) is 97.2 Å². The van der Waals surface area contributed by atoms with Gasteiger partial charge in [0.15, 0.2) is 35.0 Å². The summed E-state index contributed by atoms with van der Waals surface area (Å²) < 4.78 is 72.0. The molecule has 2 unspecified atom stereocenters. The highest BCUT2D eigenvalue weighted by Crippen LogP contribution is 2.59. The number of H-pyrrole nitrogens is 1.